The zero-order valence-corrected chi connectivity index (χ0v) is 64.6. The molecule has 2 N–H and O–H groups in total. The molecule has 12 rings (SSSR count). The van der Waals surface area contributed by atoms with Gasteiger partial charge < -0.3 is 55.8 Å². The van der Waals surface area contributed by atoms with Crippen molar-refractivity contribution in [3.63, 3.8) is 0 Å². The van der Waals surface area contributed by atoms with Crippen LogP contribution in [0.2, 0.25) is 0 Å². The summed E-state index contributed by atoms with van der Waals surface area (Å²) < 4.78 is 27.0. The second-order valence-electron chi connectivity index (χ2n) is 22.1. The predicted octanol–water partition coefficient (Wildman–Crippen LogP) is 8.93. The minimum atomic E-state index is -0.777. The highest BCUT2D eigenvalue weighted by Gasteiger charge is 2.49. The van der Waals surface area contributed by atoms with Gasteiger partial charge in [-0.25, -0.2) is 19.2 Å². The predicted molar refractivity (Wildman–Crippen MR) is 414 cm³/mol. The number of rotatable bonds is 18. The van der Waals surface area contributed by atoms with Crippen molar-refractivity contribution in [3.05, 3.63) is 149 Å². The maximum Gasteiger partial charge on any atom is 0.350 e. The molecule has 4 aromatic heterocycles. The van der Waals surface area contributed by atoms with Crippen LogP contribution in [-0.2, 0) is 38.1 Å². The van der Waals surface area contributed by atoms with Gasteiger partial charge in [-0.3, -0.25) is 19.3 Å². The number of terminal acetylenes is 3. The van der Waals surface area contributed by atoms with Gasteiger partial charge in [-0.05, 0) is 221 Å². The topological polar surface area (TPSA) is 193 Å². The Hall–Kier alpha value is -10.9. The summed E-state index contributed by atoms with van der Waals surface area (Å²) in [5, 5.41) is 18.0. The SMILES string of the molecule is C#CC#CC#CC#CC#CC.C#CC#CC#CC#CC#CC#CC#C.CCOC(C)=O.COC(=O)c1sccc1NC(C(=O)O[C@H]1CN2CCC1CC2)c1ccccc1.COC(=O)c1sccc1NC(C(=O)O[C@H]1C[N+]2(CC(=O)c3ccsc3)CCC1CC2)c1ccccc1.O=C(CBr)c1ccsc1.[Br-]. The highest BCUT2D eigenvalue weighted by atomic mass is 79.9. The summed E-state index contributed by atoms with van der Waals surface area (Å²) in [5.41, 5.74) is 4.24. The molecule has 6 saturated heterocycles. The Morgan fingerprint density at radius 3 is 1.32 bits per heavy atom. The molecular formula is C83H72Br2N4O12S4. The number of benzene rings is 2. The Labute approximate surface area is 650 Å². The van der Waals surface area contributed by atoms with Gasteiger partial charge >= 0.3 is 29.8 Å². The molecule has 0 spiro atoms. The summed E-state index contributed by atoms with van der Waals surface area (Å²) in [4.78, 5) is 87.7. The third kappa shape index (κ3) is 30.5. The number of hydrogen-bond donors (Lipinski definition) is 2. The number of methoxy groups -OCH3 is 2. The highest BCUT2D eigenvalue weighted by molar-refractivity contribution is 9.09. The van der Waals surface area contributed by atoms with Gasteiger partial charge in [-0.2, -0.15) is 22.7 Å². The number of hydrogen-bond acceptors (Lipinski definition) is 19. The molecule has 22 heteroatoms. The Morgan fingerprint density at radius 2 is 0.971 bits per heavy atom. The number of nitrogens with one attached hydrogen (secondary N) is 2. The smallest absolute Gasteiger partial charge is 0.350 e. The first-order chi connectivity index (χ1) is 50.6. The number of anilines is 2. The van der Waals surface area contributed by atoms with Crippen molar-refractivity contribution in [1.29, 1.82) is 0 Å². The summed E-state index contributed by atoms with van der Waals surface area (Å²) >= 11 is 8.70. The van der Waals surface area contributed by atoms with Crippen molar-refractivity contribution in [1.82, 2.24) is 4.90 Å². The average molecular weight is 1610 g/mol. The maximum absolute atomic E-state index is 13.6. The van der Waals surface area contributed by atoms with E-state index in [1.54, 1.807) is 48.1 Å². The average Bonchev–Trinajstić information content (AvgIpc) is 1.35. The number of thiophene rings is 4. The van der Waals surface area contributed by atoms with E-state index in [0.717, 1.165) is 80.7 Å². The number of fused-ring (bicyclic) bond motifs is 6. The second kappa shape index (κ2) is 49.7. The number of Topliss-reactive ketones (excluding diaryl/α,β-unsaturated/α-hetero) is 2. The number of ketones is 2. The number of esters is 5. The quantitative estimate of drug-likeness (QED) is 0.0207. The monoisotopic (exact) mass is 1600 g/mol. The van der Waals surface area contributed by atoms with E-state index in [1.807, 2.05) is 94.3 Å². The number of nitrogens with zero attached hydrogens (tertiary/aromatic N) is 2. The van der Waals surface area contributed by atoms with E-state index in [-0.39, 0.29) is 58.7 Å². The third-order valence-electron chi connectivity index (χ3n) is 15.5. The molecule has 105 heavy (non-hydrogen) atoms. The molecule has 2 unspecified atom stereocenters. The van der Waals surface area contributed by atoms with Gasteiger partial charge in [0.25, 0.3) is 0 Å². The highest BCUT2D eigenvalue weighted by Crippen LogP contribution is 2.38. The molecule has 0 saturated carbocycles. The van der Waals surface area contributed by atoms with Gasteiger partial charge in [0.2, 0.25) is 5.78 Å². The lowest BCUT2D eigenvalue weighted by Crippen LogP contribution is -3.00. The Bertz CT molecular complexity index is 4580. The molecule has 0 aliphatic carbocycles. The number of halogens is 2. The zero-order valence-electron chi connectivity index (χ0n) is 58.1. The number of piperidine rings is 6. The lowest BCUT2D eigenvalue weighted by atomic mass is 9.82. The summed E-state index contributed by atoms with van der Waals surface area (Å²) in [5.74, 6) is 49.5. The molecular weight excluding hydrogens is 1530 g/mol. The van der Waals surface area contributed by atoms with Crippen LogP contribution in [0.3, 0.4) is 0 Å². The first kappa shape index (κ1) is 86.5. The summed E-state index contributed by atoms with van der Waals surface area (Å²) in [6.07, 6.45) is 18.3. The third-order valence-corrected chi connectivity index (χ3v) is 19.2. The number of carbonyl (C=O) groups is 7. The van der Waals surface area contributed by atoms with Crippen LogP contribution in [-0.4, -0.2) is 135 Å². The molecule has 4 bridgehead atoms. The fourth-order valence-electron chi connectivity index (χ4n) is 10.7. The van der Waals surface area contributed by atoms with Crippen molar-refractivity contribution >= 4 is 114 Å². The first-order valence-corrected chi connectivity index (χ1v) is 36.9. The molecule has 16 nitrogen and oxygen atoms in total. The van der Waals surface area contributed by atoms with Gasteiger partial charge in [0.1, 0.15) is 28.9 Å². The molecule has 2 aromatic carbocycles. The zero-order chi connectivity index (χ0) is 75.2. The molecule has 534 valence electrons. The van der Waals surface area contributed by atoms with Crippen LogP contribution >= 0.6 is 61.3 Å². The molecule has 10 heterocycles. The van der Waals surface area contributed by atoms with Crippen LogP contribution in [0.25, 0.3) is 0 Å². The number of carbonyl (C=O) groups excluding carboxylic acids is 7. The number of ether oxygens (including phenoxy) is 5. The summed E-state index contributed by atoms with van der Waals surface area (Å²) in [7, 11) is 2.69. The van der Waals surface area contributed by atoms with E-state index in [9.17, 15) is 33.6 Å². The van der Waals surface area contributed by atoms with Crippen molar-refractivity contribution in [3.8, 4) is 144 Å². The van der Waals surface area contributed by atoms with Gasteiger partial charge in [0, 0.05) is 54.1 Å². The lowest BCUT2D eigenvalue weighted by Gasteiger charge is -2.51. The Balaban J connectivity index is 0.000000297. The largest absolute Gasteiger partial charge is 1.00 e. The fourth-order valence-corrected chi connectivity index (χ4v) is 13.9. The van der Waals surface area contributed by atoms with Crippen molar-refractivity contribution in [2.24, 2.45) is 11.8 Å². The number of quaternary nitrogens is 1. The van der Waals surface area contributed by atoms with Gasteiger partial charge in [0.05, 0.1) is 50.6 Å². The van der Waals surface area contributed by atoms with E-state index in [2.05, 4.69) is 161 Å². The fraction of sp³-hybridized carbons (Fsp3) is 0.289. The van der Waals surface area contributed by atoms with E-state index in [1.165, 1.54) is 55.2 Å². The maximum atomic E-state index is 13.6. The Morgan fingerprint density at radius 1 is 0.562 bits per heavy atom. The van der Waals surface area contributed by atoms with E-state index in [4.69, 9.17) is 38.2 Å². The minimum Gasteiger partial charge on any atom is -1.00 e. The van der Waals surface area contributed by atoms with Gasteiger partial charge in [-0.15, -0.1) is 41.9 Å². The lowest BCUT2D eigenvalue weighted by molar-refractivity contribution is -0.938. The van der Waals surface area contributed by atoms with Crippen LogP contribution < -0.4 is 27.6 Å². The molecule has 0 amide bonds. The second-order valence-corrected chi connectivity index (χ2v) is 26.0. The summed E-state index contributed by atoms with van der Waals surface area (Å²) in [6.45, 7) is 11.3. The molecule has 6 aromatic rings. The van der Waals surface area contributed by atoms with Crippen LogP contribution in [0.4, 0.5) is 11.4 Å². The molecule has 6 aliphatic rings. The first-order valence-electron chi connectivity index (χ1n) is 32.1. The van der Waals surface area contributed by atoms with Crippen molar-refractivity contribution < 1.29 is 78.7 Å². The summed E-state index contributed by atoms with van der Waals surface area (Å²) in [6, 6.07) is 24.6. The van der Waals surface area contributed by atoms with Crippen molar-refractivity contribution in [2.75, 3.05) is 82.6 Å². The molecule has 4 atom stereocenters. The van der Waals surface area contributed by atoms with E-state index < -0.39 is 24.0 Å². The minimum absolute atomic E-state index is 0. The van der Waals surface area contributed by atoms with Gasteiger partial charge in [-0.1, -0.05) is 82.5 Å². The van der Waals surface area contributed by atoms with Gasteiger partial charge in [0.15, 0.2) is 24.0 Å². The Kier molecular flexibility index (Phi) is 41.0. The molecule has 6 fully saturated rings. The normalized spacial score (nSPS) is 16.7. The van der Waals surface area contributed by atoms with Crippen molar-refractivity contribution in [2.45, 2.75) is 70.7 Å². The molecule has 0 radical (unpaired) electrons. The standard InChI is InChI=1S/C27H28N2O5S2.C21H24N2O4S.C14H2.C11H4.C6H5BrOS.C4H8O2.BrH/c1-33-27(32)25-21(10-14-36-25)28-24(19-5-3-2-4-6-19)26(31)34-23-16-29(11-7-18(23)8-12-29)15-22(30)20-9-13-35-17-20;1-26-21(25)19-16(9-12-28-19)22-18(15-5-3-2-4-6-15)20(24)27-17-13-23-10-7-14(17)8-11-23;1-3-5-7-9-11-13-14-12-10-8-6-4-2;1-3-5-7-9-11-10-8-6-4-2;7-3-6(8)5-1-2-9-4-5;1-3-6-4(2)5;/h2-6,9-10,13-14,17-18,23-24H,7-8,11-12,15-16H2,1H3;2-6,9,12,14,17-18,22H,7-8,10-11,13H2,1H3;1-2H;1H,2H3;1-2,4H,3H2;3H2,1-2H3;1H/t18?,23-,24?,29?;17-,18?;;;;;/m00...../s1. The van der Waals surface area contributed by atoms with Crippen LogP contribution in [0.5, 0.6) is 0 Å². The van der Waals surface area contributed by atoms with Crippen LogP contribution in [0.15, 0.2) is 117 Å². The van der Waals surface area contributed by atoms with E-state index >= 15 is 0 Å². The number of alkyl halides is 1. The van der Waals surface area contributed by atoms with Crippen LogP contribution in [0.1, 0.15) is 110 Å². The van der Waals surface area contributed by atoms with E-state index in [0.29, 0.717) is 62.5 Å². The molecule has 6 aliphatic heterocycles. The van der Waals surface area contributed by atoms with Crippen LogP contribution in [0, 0.1) is 155 Å².